The minimum absolute atomic E-state index is 0.182. The minimum Gasteiger partial charge on any atom is -0.508 e. The molecule has 8 rings (SSSR count). The summed E-state index contributed by atoms with van der Waals surface area (Å²) in [4.78, 5) is 0. The molecule has 0 saturated heterocycles. The number of phenols is 10. The summed E-state index contributed by atoms with van der Waals surface area (Å²) in [6, 6.07) is 24.5. The minimum atomic E-state index is -1.24. The van der Waals surface area contributed by atoms with E-state index in [0.29, 0.717) is 27.8 Å². The Morgan fingerprint density at radius 1 is 0.380 bits per heavy atom. The van der Waals surface area contributed by atoms with E-state index in [0.717, 1.165) is 22.3 Å². The van der Waals surface area contributed by atoms with E-state index in [9.17, 15) is 51.1 Å². The predicted molar refractivity (Wildman–Crippen MR) is 188 cm³/mol. The smallest absolute Gasteiger partial charge is 0.205 e. The molecule has 246 valence electrons. The number of rotatable bonds is 3. The number of hydrogen-bond acceptors (Lipinski definition) is 11. The third-order valence-electron chi connectivity index (χ3n) is 9.35. The number of ether oxygens (including phenoxy) is 1. The molecule has 0 saturated carbocycles. The summed E-state index contributed by atoms with van der Waals surface area (Å²) >= 11 is 0. The van der Waals surface area contributed by atoms with Crippen molar-refractivity contribution in [3.05, 3.63) is 78.9 Å². The normalized spacial score (nSPS) is 11.8. The van der Waals surface area contributed by atoms with Gasteiger partial charge in [0, 0.05) is 27.5 Å². The van der Waals surface area contributed by atoms with E-state index in [1.807, 2.05) is 48.5 Å². The molecule has 0 atom stereocenters. The van der Waals surface area contributed by atoms with Gasteiger partial charge in [0.15, 0.2) is 34.5 Å². The van der Waals surface area contributed by atoms with E-state index in [1.54, 1.807) is 30.3 Å². The molecular formula is C38H25BO11. The lowest BCUT2D eigenvalue weighted by Crippen LogP contribution is -2.10. The molecular weight excluding hydrogens is 643 g/mol. The molecule has 10 N–H and O–H groups in total. The van der Waals surface area contributed by atoms with Gasteiger partial charge in [-0.15, -0.1) is 0 Å². The first-order valence-corrected chi connectivity index (χ1v) is 15.2. The van der Waals surface area contributed by atoms with Crippen LogP contribution < -0.4 is 10.2 Å². The van der Waals surface area contributed by atoms with Gasteiger partial charge >= 0.3 is 0 Å². The van der Waals surface area contributed by atoms with E-state index >= 15 is 0 Å². The highest BCUT2D eigenvalue weighted by Gasteiger charge is 2.34. The van der Waals surface area contributed by atoms with Crippen molar-refractivity contribution in [3.8, 4) is 114 Å². The van der Waals surface area contributed by atoms with Gasteiger partial charge in [0.2, 0.25) is 17.2 Å². The van der Waals surface area contributed by atoms with E-state index in [1.165, 1.54) is 7.85 Å². The molecule has 50 heavy (non-hydrogen) atoms. The highest BCUT2D eigenvalue weighted by molar-refractivity contribution is 6.40. The molecule has 7 aromatic rings. The van der Waals surface area contributed by atoms with Gasteiger partial charge in [-0.05, 0) is 51.3 Å². The van der Waals surface area contributed by atoms with Crippen molar-refractivity contribution >= 4 is 34.9 Å². The maximum atomic E-state index is 11.7. The predicted octanol–water partition coefficient (Wildman–Crippen LogP) is 6.08. The second kappa shape index (κ2) is 10.5. The second-order valence-corrected chi connectivity index (χ2v) is 12.0. The summed E-state index contributed by atoms with van der Waals surface area (Å²) in [7, 11) is 1.31. The van der Waals surface area contributed by atoms with Crippen molar-refractivity contribution < 1.29 is 55.8 Å². The molecule has 0 fully saturated rings. The molecule has 0 bridgehead atoms. The Hall–Kier alpha value is -7.08. The van der Waals surface area contributed by atoms with Gasteiger partial charge in [0.25, 0.3) is 0 Å². The third-order valence-corrected chi connectivity index (χ3v) is 9.35. The number of aromatic hydroxyl groups is 10. The molecule has 11 nitrogen and oxygen atoms in total. The average Bonchev–Trinajstić information content (AvgIpc) is 3.13. The lowest BCUT2D eigenvalue weighted by atomic mass is 9.79. The first-order valence-electron chi connectivity index (χ1n) is 15.2. The Morgan fingerprint density at radius 2 is 0.960 bits per heavy atom. The van der Waals surface area contributed by atoms with E-state index in [2.05, 4.69) is 0 Å². The fraction of sp³-hybridized carbons (Fsp3) is 0. The first kappa shape index (κ1) is 30.3. The van der Waals surface area contributed by atoms with Gasteiger partial charge in [0.1, 0.15) is 25.1 Å². The highest BCUT2D eigenvalue weighted by Crippen LogP contribution is 2.61. The van der Waals surface area contributed by atoms with Crippen molar-refractivity contribution in [3.63, 3.8) is 0 Å². The van der Waals surface area contributed by atoms with Gasteiger partial charge in [-0.1, -0.05) is 60.7 Å². The monoisotopic (exact) mass is 668 g/mol. The van der Waals surface area contributed by atoms with Crippen LogP contribution in [0, 0.1) is 0 Å². The van der Waals surface area contributed by atoms with E-state index in [-0.39, 0.29) is 11.0 Å². The summed E-state index contributed by atoms with van der Waals surface area (Å²) in [6.07, 6.45) is 0. The number of phenolic OH excluding ortho intramolecular Hbond substituents is 10. The molecule has 7 aromatic carbocycles. The lowest BCUT2D eigenvalue weighted by Gasteiger charge is -2.24. The van der Waals surface area contributed by atoms with Gasteiger partial charge < -0.3 is 55.8 Å². The van der Waals surface area contributed by atoms with Crippen LogP contribution in [0.15, 0.2) is 78.9 Å². The fourth-order valence-corrected chi connectivity index (χ4v) is 6.93. The first-order chi connectivity index (χ1) is 23.9. The van der Waals surface area contributed by atoms with E-state index in [4.69, 9.17) is 4.74 Å². The van der Waals surface area contributed by atoms with Crippen LogP contribution in [0.25, 0.3) is 66.1 Å². The molecule has 1 heterocycles. The highest BCUT2D eigenvalue weighted by atomic mass is 16.5. The molecule has 1 aliphatic rings. The second-order valence-electron chi connectivity index (χ2n) is 12.0. The van der Waals surface area contributed by atoms with Crippen molar-refractivity contribution in [1.29, 1.82) is 0 Å². The molecule has 0 unspecified atom stereocenters. The van der Waals surface area contributed by atoms with Gasteiger partial charge in [-0.25, -0.2) is 0 Å². The Morgan fingerprint density at radius 3 is 1.66 bits per heavy atom. The van der Waals surface area contributed by atoms with Crippen LogP contribution >= 0.6 is 0 Å². The largest absolute Gasteiger partial charge is 0.508 e. The van der Waals surface area contributed by atoms with Crippen LogP contribution in [0.1, 0.15) is 0 Å². The number of hydrogen-bond donors (Lipinski definition) is 10. The van der Waals surface area contributed by atoms with Crippen LogP contribution in [0.5, 0.6) is 69.0 Å². The molecule has 0 radical (unpaired) electrons. The maximum absolute atomic E-state index is 11.7. The van der Waals surface area contributed by atoms with Crippen LogP contribution in [-0.2, 0) is 0 Å². The van der Waals surface area contributed by atoms with Crippen molar-refractivity contribution in [2.75, 3.05) is 0 Å². The Bertz CT molecular complexity index is 2600. The zero-order valence-corrected chi connectivity index (χ0v) is 25.9. The summed E-state index contributed by atoms with van der Waals surface area (Å²) in [5, 5.41) is 108. The van der Waals surface area contributed by atoms with Crippen LogP contribution in [-0.4, -0.2) is 58.9 Å². The fourth-order valence-electron chi connectivity index (χ4n) is 6.93. The van der Waals surface area contributed by atoms with Gasteiger partial charge in [0.05, 0.1) is 10.9 Å². The van der Waals surface area contributed by atoms with Crippen LogP contribution in [0.2, 0.25) is 0 Å². The lowest BCUT2D eigenvalue weighted by molar-refractivity contribution is 0.347. The Balaban J connectivity index is 1.36. The maximum Gasteiger partial charge on any atom is 0.205 e. The summed E-state index contributed by atoms with van der Waals surface area (Å²) in [5.41, 5.74) is 2.32. The van der Waals surface area contributed by atoms with Gasteiger partial charge in [-0.2, -0.15) is 0 Å². The SMILES string of the molecule is Bc1c(O)c(-c2ccc3c4c(cccc24)Oc2cc(-c4ccccc4)ccc2-3)c(O)c(O)c1-c1c(O)c(O)c(O)c2c(O)c(O)c(O)c(O)c12. The molecule has 0 aliphatic carbocycles. The zero-order valence-electron chi connectivity index (χ0n) is 25.9. The van der Waals surface area contributed by atoms with Gasteiger partial charge in [-0.3, -0.25) is 0 Å². The average molecular weight is 668 g/mol. The zero-order chi connectivity index (χ0) is 35.3. The summed E-state index contributed by atoms with van der Waals surface area (Å²) in [5.74, 6) is -9.57. The topological polar surface area (TPSA) is 212 Å². The summed E-state index contributed by atoms with van der Waals surface area (Å²) < 4.78 is 6.37. The van der Waals surface area contributed by atoms with Crippen molar-refractivity contribution in [1.82, 2.24) is 0 Å². The molecule has 0 amide bonds. The molecule has 12 heteroatoms. The standard InChI is InChI=1S/C38H25BO11/c39-28-26(24-25-27(34(45)36(47)31(24)42)35(46)38(49)37(48)32(25)43)33(44)30(41)23(29(28)40)19-12-11-18-16-10-9-15(14-5-2-1-3-6-14)13-21(16)50-20-8-4-7-17(19)22(18)20/h1-13,40-49H,39H2. The summed E-state index contributed by atoms with van der Waals surface area (Å²) in [6.45, 7) is 0. The van der Waals surface area contributed by atoms with E-state index < -0.39 is 79.4 Å². The molecule has 0 spiro atoms. The molecule has 1 aliphatic heterocycles. The quantitative estimate of drug-likeness (QED) is 0.0592. The third kappa shape index (κ3) is 3.92. The molecule has 0 aromatic heterocycles. The van der Waals surface area contributed by atoms with Crippen molar-refractivity contribution in [2.45, 2.75) is 0 Å². The van der Waals surface area contributed by atoms with Crippen LogP contribution in [0.3, 0.4) is 0 Å². The van der Waals surface area contributed by atoms with Crippen LogP contribution in [0.4, 0.5) is 0 Å². The number of fused-ring (bicyclic) bond motifs is 3. The number of benzene rings is 7. The Labute approximate surface area is 282 Å². The van der Waals surface area contributed by atoms with Crippen molar-refractivity contribution in [2.24, 2.45) is 0 Å². The Kier molecular flexibility index (Phi) is 6.33.